The van der Waals surface area contributed by atoms with Gasteiger partial charge in [-0.25, -0.2) is 4.39 Å². The smallest absolute Gasteiger partial charge is 0.262 e. The standard InChI is InChI=1S/C31H34FNO5/c1-20(2)26-16-22(25-6-3-4-7-27(25)32)18-38-31(26)21-8-11-24(12-9-21)37-19-30(34)33-23-10-13-28-29(17-23)36-15-5-14-35-28/h3-4,6-13,17,20,22,26,31H,5,14-16,18-19H2,1-2H3,(H,33,34)/t22-,26-,31-/m0/s1. The predicted molar refractivity (Wildman–Crippen MR) is 143 cm³/mol. The molecule has 2 aliphatic heterocycles. The number of fused-ring (bicyclic) bond motifs is 1. The zero-order valence-corrected chi connectivity index (χ0v) is 21.8. The van der Waals surface area contributed by atoms with E-state index in [0.717, 1.165) is 24.0 Å². The van der Waals surface area contributed by atoms with Gasteiger partial charge in [-0.2, -0.15) is 0 Å². The maximum absolute atomic E-state index is 14.4. The molecule has 1 N–H and O–H groups in total. The lowest BCUT2D eigenvalue weighted by atomic mass is 9.76. The number of ether oxygens (including phenoxy) is 4. The minimum Gasteiger partial charge on any atom is -0.490 e. The molecule has 0 aromatic heterocycles. The Morgan fingerprint density at radius 3 is 2.55 bits per heavy atom. The Balaban J connectivity index is 1.17. The largest absolute Gasteiger partial charge is 0.490 e. The van der Waals surface area contributed by atoms with Crippen molar-refractivity contribution in [3.8, 4) is 17.2 Å². The minimum atomic E-state index is -0.266. The summed E-state index contributed by atoms with van der Waals surface area (Å²) in [5.41, 5.74) is 2.41. The molecule has 1 saturated heterocycles. The van der Waals surface area contributed by atoms with Crippen LogP contribution in [0.25, 0.3) is 0 Å². The van der Waals surface area contributed by atoms with Gasteiger partial charge in [0.25, 0.3) is 5.91 Å². The van der Waals surface area contributed by atoms with E-state index in [-0.39, 0.29) is 36.3 Å². The quantitative estimate of drug-likeness (QED) is 0.385. The summed E-state index contributed by atoms with van der Waals surface area (Å²) in [7, 11) is 0. The van der Waals surface area contributed by atoms with Crippen LogP contribution in [0.3, 0.4) is 0 Å². The number of rotatable bonds is 7. The van der Waals surface area contributed by atoms with E-state index in [1.54, 1.807) is 24.3 Å². The fourth-order valence-electron chi connectivity index (χ4n) is 5.19. The second-order valence-corrected chi connectivity index (χ2v) is 10.2. The first-order valence-electron chi connectivity index (χ1n) is 13.3. The first-order chi connectivity index (χ1) is 18.5. The van der Waals surface area contributed by atoms with E-state index in [1.807, 2.05) is 36.4 Å². The van der Waals surface area contributed by atoms with Gasteiger partial charge in [-0.05, 0) is 59.7 Å². The maximum atomic E-state index is 14.4. The molecule has 0 unspecified atom stereocenters. The predicted octanol–water partition coefficient (Wildman–Crippen LogP) is 6.52. The van der Waals surface area contributed by atoms with Crippen LogP contribution in [0.1, 0.15) is 49.8 Å². The number of anilines is 1. The van der Waals surface area contributed by atoms with Crippen molar-refractivity contribution in [1.82, 2.24) is 0 Å². The van der Waals surface area contributed by atoms with Crippen molar-refractivity contribution in [3.05, 3.63) is 83.7 Å². The molecule has 3 aromatic rings. The lowest BCUT2D eigenvalue weighted by molar-refractivity contribution is -0.118. The number of hydrogen-bond donors (Lipinski definition) is 1. The molecule has 7 heteroatoms. The molecule has 5 rings (SSSR count). The van der Waals surface area contributed by atoms with Gasteiger partial charge in [-0.3, -0.25) is 4.79 Å². The number of nitrogens with one attached hydrogen (secondary N) is 1. The third kappa shape index (κ3) is 6.10. The Hall–Kier alpha value is -3.58. The Morgan fingerprint density at radius 1 is 1.03 bits per heavy atom. The van der Waals surface area contributed by atoms with E-state index in [4.69, 9.17) is 18.9 Å². The van der Waals surface area contributed by atoms with E-state index in [9.17, 15) is 9.18 Å². The molecule has 0 aliphatic carbocycles. The Labute approximate surface area is 223 Å². The Bertz CT molecular complexity index is 1250. The van der Waals surface area contributed by atoms with Gasteiger partial charge in [0.05, 0.1) is 25.9 Å². The normalized spacial score (nSPS) is 21.0. The van der Waals surface area contributed by atoms with Crippen molar-refractivity contribution < 1.29 is 28.1 Å². The van der Waals surface area contributed by atoms with Crippen molar-refractivity contribution in [2.24, 2.45) is 11.8 Å². The molecule has 2 heterocycles. The van der Waals surface area contributed by atoms with Crippen LogP contribution in [-0.4, -0.2) is 32.3 Å². The summed E-state index contributed by atoms with van der Waals surface area (Å²) in [4.78, 5) is 12.5. The first kappa shape index (κ1) is 26.0. The summed E-state index contributed by atoms with van der Waals surface area (Å²) in [6.45, 7) is 5.93. The number of benzene rings is 3. The summed E-state index contributed by atoms with van der Waals surface area (Å²) < 4.78 is 37.8. The maximum Gasteiger partial charge on any atom is 0.262 e. The lowest BCUT2D eigenvalue weighted by Gasteiger charge is -2.39. The average Bonchev–Trinajstić information content (AvgIpc) is 3.17. The molecular weight excluding hydrogens is 485 g/mol. The number of carbonyl (C=O) groups excluding carboxylic acids is 1. The van der Waals surface area contributed by atoms with Crippen molar-refractivity contribution >= 4 is 11.6 Å². The van der Waals surface area contributed by atoms with Gasteiger partial charge in [0.1, 0.15) is 11.6 Å². The second kappa shape index (κ2) is 11.9. The molecule has 6 nitrogen and oxygen atoms in total. The molecule has 2 aliphatic rings. The number of carbonyl (C=O) groups is 1. The molecule has 3 atom stereocenters. The molecule has 1 fully saturated rings. The Morgan fingerprint density at radius 2 is 1.79 bits per heavy atom. The van der Waals surface area contributed by atoms with E-state index >= 15 is 0 Å². The first-order valence-corrected chi connectivity index (χ1v) is 13.3. The fraction of sp³-hybridized carbons (Fsp3) is 0.387. The molecule has 0 saturated carbocycles. The molecule has 200 valence electrons. The van der Waals surface area contributed by atoms with E-state index in [2.05, 4.69) is 19.2 Å². The average molecular weight is 520 g/mol. The highest BCUT2D eigenvalue weighted by molar-refractivity contribution is 5.92. The van der Waals surface area contributed by atoms with Gasteiger partial charge in [-0.15, -0.1) is 0 Å². The summed E-state index contributed by atoms with van der Waals surface area (Å²) >= 11 is 0. The summed E-state index contributed by atoms with van der Waals surface area (Å²) in [6, 6.07) is 20.0. The Kier molecular flexibility index (Phi) is 8.13. The number of halogens is 1. The summed E-state index contributed by atoms with van der Waals surface area (Å²) in [6.07, 6.45) is 1.61. The lowest BCUT2D eigenvalue weighted by Crippen LogP contribution is -2.31. The zero-order chi connectivity index (χ0) is 26.5. The van der Waals surface area contributed by atoms with Crippen LogP contribution in [-0.2, 0) is 9.53 Å². The van der Waals surface area contributed by atoms with Crippen molar-refractivity contribution in [3.63, 3.8) is 0 Å². The fourth-order valence-corrected chi connectivity index (χ4v) is 5.19. The number of hydrogen-bond acceptors (Lipinski definition) is 5. The third-order valence-corrected chi connectivity index (χ3v) is 7.23. The topological polar surface area (TPSA) is 66.0 Å². The van der Waals surface area contributed by atoms with Gasteiger partial charge in [0.2, 0.25) is 0 Å². The van der Waals surface area contributed by atoms with Crippen molar-refractivity contribution in [1.29, 1.82) is 0 Å². The van der Waals surface area contributed by atoms with Crippen LogP contribution < -0.4 is 19.5 Å². The molecule has 0 bridgehead atoms. The second-order valence-electron chi connectivity index (χ2n) is 10.2. The van der Waals surface area contributed by atoms with E-state index in [1.165, 1.54) is 6.07 Å². The summed E-state index contributed by atoms with van der Waals surface area (Å²) in [5.74, 6) is 2.14. The van der Waals surface area contributed by atoms with Crippen LogP contribution in [0.2, 0.25) is 0 Å². The minimum absolute atomic E-state index is 0.0413. The van der Waals surface area contributed by atoms with E-state index in [0.29, 0.717) is 48.7 Å². The molecule has 1 amide bonds. The van der Waals surface area contributed by atoms with Crippen molar-refractivity contribution in [2.75, 3.05) is 31.7 Å². The van der Waals surface area contributed by atoms with Gasteiger partial charge in [0, 0.05) is 24.1 Å². The van der Waals surface area contributed by atoms with Crippen molar-refractivity contribution in [2.45, 2.75) is 38.7 Å². The van der Waals surface area contributed by atoms with Crippen LogP contribution in [0.5, 0.6) is 17.2 Å². The highest BCUT2D eigenvalue weighted by atomic mass is 19.1. The highest BCUT2D eigenvalue weighted by Gasteiger charge is 2.35. The monoisotopic (exact) mass is 519 g/mol. The van der Waals surface area contributed by atoms with E-state index < -0.39 is 0 Å². The van der Waals surface area contributed by atoms with Crippen LogP contribution in [0.4, 0.5) is 10.1 Å². The zero-order valence-electron chi connectivity index (χ0n) is 21.8. The van der Waals surface area contributed by atoms with Gasteiger partial charge in [0.15, 0.2) is 18.1 Å². The van der Waals surface area contributed by atoms with Gasteiger partial charge >= 0.3 is 0 Å². The molecule has 38 heavy (non-hydrogen) atoms. The summed E-state index contributed by atoms with van der Waals surface area (Å²) in [5, 5.41) is 2.84. The van der Waals surface area contributed by atoms with Crippen LogP contribution >= 0.6 is 0 Å². The SMILES string of the molecule is CC(C)[C@@H]1C[C@H](c2ccccc2F)CO[C@H]1c1ccc(OCC(=O)Nc2ccc3c(c2)OCCCO3)cc1. The molecule has 0 spiro atoms. The van der Waals surface area contributed by atoms with Crippen LogP contribution in [0.15, 0.2) is 66.7 Å². The van der Waals surface area contributed by atoms with Crippen LogP contribution in [0, 0.1) is 17.7 Å². The molecule has 0 radical (unpaired) electrons. The van der Waals surface area contributed by atoms with Gasteiger partial charge in [-0.1, -0.05) is 44.2 Å². The highest BCUT2D eigenvalue weighted by Crippen LogP contribution is 2.44. The van der Waals surface area contributed by atoms with Gasteiger partial charge < -0.3 is 24.3 Å². The molecular formula is C31H34FNO5. The number of amides is 1. The third-order valence-electron chi connectivity index (χ3n) is 7.23. The molecule has 3 aromatic carbocycles.